The summed E-state index contributed by atoms with van der Waals surface area (Å²) in [5.74, 6) is 6.21. The van der Waals surface area contributed by atoms with Gasteiger partial charge in [-0.3, -0.25) is 0 Å². The molecule has 0 radical (unpaired) electrons. The molecular formula is C22H25NO. The maximum absolute atomic E-state index is 5.30. The van der Waals surface area contributed by atoms with Crippen LogP contribution in [0, 0.1) is 6.92 Å². The van der Waals surface area contributed by atoms with Crippen molar-refractivity contribution in [2.75, 3.05) is 0 Å². The molecule has 0 heterocycles. The maximum Gasteiger partial charge on any atom is 0.149 e. The monoisotopic (exact) mass is 319 g/mol. The van der Waals surface area contributed by atoms with Crippen LogP contribution in [-0.4, -0.2) is 0 Å². The van der Waals surface area contributed by atoms with Gasteiger partial charge in [0, 0.05) is 5.92 Å². The van der Waals surface area contributed by atoms with Gasteiger partial charge < -0.3 is 4.84 Å². The van der Waals surface area contributed by atoms with Crippen molar-refractivity contribution >= 4 is 0 Å². The van der Waals surface area contributed by atoms with E-state index in [0.29, 0.717) is 5.75 Å². The molecule has 0 aromatic heterocycles. The SMILES string of the molecule is CC.Cc1cc(C(c2ccccc2)c2ccccc2)ccc1ON. The predicted molar refractivity (Wildman–Crippen MR) is 101 cm³/mol. The normalized spacial score (nSPS) is 10.0. The van der Waals surface area contributed by atoms with Crippen molar-refractivity contribution in [3.8, 4) is 5.75 Å². The molecule has 0 spiro atoms. The van der Waals surface area contributed by atoms with Gasteiger partial charge in [0.05, 0.1) is 0 Å². The fourth-order valence-corrected chi connectivity index (χ4v) is 2.85. The van der Waals surface area contributed by atoms with Crippen molar-refractivity contribution in [2.45, 2.75) is 26.7 Å². The Morgan fingerprint density at radius 3 is 1.62 bits per heavy atom. The summed E-state index contributed by atoms with van der Waals surface area (Å²) in [6, 6.07) is 27.2. The smallest absolute Gasteiger partial charge is 0.149 e. The Bertz CT molecular complexity index is 699. The second-order valence-electron chi connectivity index (χ2n) is 5.40. The van der Waals surface area contributed by atoms with Crippen molar-refractivity contribution in [2.24, 2.45) is 5.90 Å². The zero-order valence-electron chi connectivity index (χ0n) is 14.6. The van der Waals surface area contributed by atoms with Crippen molar-refractivity contribution in [3.05, 3.63) is 101 Å². The molecule has 3 aromatic carbocycles. The Morgan fingerprint density at radius 1 is 0.708 bits per heavy atom. The van der Waals surface area contributed by atoms with Crippen LogP contribution < -0.4 is 10.7 Å². The van der Waals surface area contributed by atoms with E-state index in [0.717, 1.165) is 5.56 Å². The van der Waals surface area contributed by atoms with Crippen LogP contribution in [0.2, 0.25) is 0 Å². The van der Waals surface area contributed by atoms with Crippen LogP contribution in [0.15, 0.2) is 78.9 Å². The first kappa shape index (κ1) is 17.8. The molecule has 2 N–H and O–H groups in total. The molecule has 0 saturated heterocycles. The standard InChI is InChI=1S/C20H19NO.C2H6/c1-15-14-18(12-13-19(15)22-21)20(16-8-4-2-5-9-16)17-10-6-3-7-11-17;1-2/h2-14,20H,21H2,1H3;1-2H3. The third-order valence-electron chi connectivity index (χ3n) is 3.93. The van der Waals surface area contributed by atoms with E-state index in [1.807, 2.05) is 39.0 Å². The summed E-state index contributed by atoms with van der Waals surface area (Å²) < 4.78 is 0. The van der Waals surface area contributed by atoms with E-state index in [9.17, 15) is 0 Å². The summed E-state index contributed by atoms with van der Waals surface area (Å²) in [6.45, 7) is 6.01. The highest BCUT2D eigenvalue weighted by Gasteiger charge is 2.17. The second-order valence-corrected chi connectivity index (χ2v) is 5.40. The minimum absolute atomic E-state index is 0.202. The molecule has 0 aliphatic heterocycles. The highest BCUT2D eigenvalue weighted by Crippen LogP contribution is 2.33. The van der Waals surface area contributed by atoms with Gasteiger partial charge in [-0.2, -0.15) is 5.90 Å². The molecule has 24 heavy (non-hydrogen) atoms. The Morgan fingerprint density at radius 2 is 1.21 bits per heavy atom. The molecule has 0 aliphatic rings. The first-order chi connectivity index (χ1) is 11.8. The van der Waals surface area contributed by atoms with E-state index in [-0.39, 0.29) is 5.92 Å². The lowest BCUT2D eigenvalue weighted by molar-refractivity contribution is 0.332. The van der Waals surface area contributed by atoms with Crippen LogP contribution in [-0.2, 0) is 0 Å². The number of hydrogen-bond acceptors (Lipinski definition) is 2. The summed E-state index contributed by atoms with van der Waals surface area (Å²) in [5.41, 5.74) is 4.82. The van der Waals surface area contributed by atoms with Crippen molar-refractivity contribution in [3.63, 3.8) is 0 Å². The highest BCUT2D eigenvalue weighted by atomic mass is 16.6. The molecule has 0 fully saturated rings. The zero-order chi connectivity index (χ0) is 17.4. The van der Waals surface area contributed by atoms with E-state index in [2.05, 4.69) is 60.7 Å². The maximum atomic E-state index is 5.30. The predicted octanol–water partition coefficient (Wildman–Crippen LogP) is 5.45. The average molecular weight is 319 g/mol. The quantitative estimate of drug-likeness (QED) is 0.512. The van der Waals surface area contributed by atoms with Crippen LogP contribution in [0.4, 0.5) is 0 Å². The van der Waals surface area contributed by atoms with Gasteiger partial charge in [-0.25, -0.2) is 0 Å². The first-order valence-corrected chi connectivity index (χ1v) is 8.37. The van der Waals surface area contributed by atoms with E-state index in [4.69, 9.17) is 10.7 Å². The topological polar surface area (TPSA) is 35.2 Å². The van der Waals surface area contributed by atoms with Crippen LogP contribution >= 0.6 is 0 Å². The molecular weight excluding hydrogens is 294 g/mol. The molecule has 0 aliphatic carbocycles. The molecule has 0 unspecified atom stereocenters. The fourth-order valence-electron chi connectivity index (χ4n) is 2.85. The summed E-state index contributed by atoms with van der Waals surface area (Å²) in [4.78, 5) is 4.89. The molecule has 0 amide bonds. The third kappa shape index (κ3) is 4.03. The van der Waals surface area contributed by atoms with Gasteiger partial charge in [-0.05, 0) is 35.2 Å². The van der Waals surface area contributed by atoms with Crippen molar-refractivity contribution in [1.29, 1.82) is 0 Å². The Balaban J connectivity index is 0.00000100. The molecule has 3 aromatic rings. The molecule has 2 heteroatoms. The van der Waals surface area contributed by atoms with E-state index in [1.54, 1.807) is 0 Å². The lowest BCUT2D eigenvalue weighted by Crippen LogP contribution is -2.06. The van der Waals surface area contributed by atoms with Gasteiger partial charge in [0.1, 0.15) is 5.75 Å². The molecule has 3 rings (SSSR count). The Hall–Kier alpha value is -2.58. The van der Waals surface area contributed by atoms with E-state index in [1.165, 1.54) is 16.7 Å². The molecule has 0 bridgehead atoms. The zero-order valence-corrected chi connectivity index (χ0v) is 14.6. The lowest BCUT2D eigenvalue weighted by atomic mass is 9.84. The van der Waals surface area contributed by atoms with Gasteiger partial charge in [0.15, 0.2) is 0 Å². The summed E-state index contributed by atoms with van der Waals surface area (Å²) in [5, 5.41) is 0. The highest BCUT2D eigenvalue weighted by molar-refractivity contribution is 5.46. The van der Waals surface area contributed by atoms with Gasteiger partial charge in [0.25, 0.3) is 0 Å². The summed E-state index contributed by atoms with van der Waals surface area (Å²) >= 11 is 0. The molecule has 124 valence electrons. The summed E-state index contributed by atoms with van der Waals surface area (Å²) in [7, 11) is 0. The van der Waals surface area contributed by atoms with Crippen molar-refractivity contribution < 1.29 is 4.84 Å². The largest absolute Gasteiger partial charge is 0.411 e. The van der Waals surface area contributed by atoms with Gasteiger partial charge >= 0.3 is 0 Å². The minimum Gasteiger partial charge on any atom is -0.411 e. The third-order valence-corrected chi connectivity index (χ3v) is 3.93. The lowest BCUT2D eigenvalue weighted by Gasteiger charge is -2.20. The van der Waals surface area contributed by atoms with Gasteiger partial charge in [-0.1, -0.05) is 86.6 Å². The number of aryl methyl sites for hydroxylation is 1. The Kier molecular flexibility index (Phi) is 6.59. The number of rotatable bonds is 4. The van der Waals surface area contributed by atoms with Crippen LogP contribution in [0.3, 0.4) is 0 Å². The number of benzene rings is 3. The second kappa shape index (κ2) is 8.90. The first-order valence-electron chi connectivity index (χ1n) is 8.37. The van der Waals surface area contributed by atoms with Gasteiger partial charge in [-0.15, -0.1) is 0 Å². The van der Waals surface area contributed by atoms with E-state index < -0.39 is 0 Å². The Labute approximate surface area is 144 Å². The average Bonchev–Trinajstić information content (AvgIpc) is 2.66. The molecule has 0 saturated carbocycles. The van der Waals surface area contributed by atoms with Crippen LogP contribution in [0.25, 0.3) is 0 Å². The molecule has 0 atom stereocenters. The van der Waals surface area contributed by atoms with E-state index >= 15 is 0 Å². The van der Waals surface area contributed by atoms with Crippen LogP contribution in [0.1, 0.15) is 42.0 Å². The minimum atomic E-state index is 0.202. The fraction of sp³-hybridized carbons (Fsp3) is 0.182. The van der Waals surface area contributed by atoms with Gasteiger partial charge in [0.2, 0.25) is 0 Å². The molecule has 2 nitrogen and oxygen atoms in total. The number of nitrogens with two attached hydrogens (primary N) is 1. The van der Waals surface area contributed by atoms with Crippen LogP contribution in [0.5, 0.6) is 5.75 Å². The number of hydrogen-bond donors (Lipinski definition) is 1. The van der Waals surface area contributed by atoms with Crippen molar-refractivity contribution in [1.82, 2.24) is 0 Å². The summed E-state index contributed by atoms with van der Waals surface area (Å²) in [6.07, 6.45) is 0.